The highest BCUT2D eigenvalue weighted by Gasteiger charge is 2.19. The van der Waals surface area contributed by atoms with Gasteiger partial charge in [0.2, 0.25) is 5.91 Å². The summed E-state index contributed by atoms with van der Waals surface area (Å²) in [6.45, 7) is 3.90. The molecule has 3 heteroatoms. The number of aliphatic hydroxyl groups excluding tert-OH is 1. The van der Waals surface area contributed by atoms with Gasteiger partial charge in [-0.3, -0.25) is 4.79 Å². The summed E-state index contributed by atoms with van der Waals surface area (Å²) in [7, 11) is 0. The van der Waals surface area contributed by atoms with Crippen LogP contribution < -0.4 is 5.32 Å². The second kappa shape index (κ2) is 5.66. The lowest BCUT2D eigenvalue weighted by atomic mass is 10.0. The maximum Gasteiger partial charge on any atom is 0.224 e. The monoisotopic (exact) mass is 221 g/mol. The molecule has 0 saturated carbocycles. The van der Waals surface area contributed by atoms with Crippen molar-refractivity contribution in [2.45, 2.75) is 32.2 Å². The van der Waals surface area contributed by atoms with Gasteiger partial charge in [-0.15, -0.1) is 0 Å². The van der Waals surface area contributed by atoms with Crippen molar-refractivity contribution in [3.8, 4) is 0 Å². The zero-order chi connectivity index (χ0) is 12.0. The fourth-order valence-corrected chi connectivity index (χ4v) is 1.54. The summed E-state index contributed by atoms with van der Waals surface area (Å²) in [4.78, 5) is 11.7. The number of carbonyl (C=O) groups is 1. The Morgan fingerprint density at radius 3 is 2.50 bits per heavy atom. The van der Waals surface area contributed by atoms with Gasteiger partial charge in [-0.2, -0.15) is 0 Å². The van der Waals surface area contributed by atoms with E-state index < -0.39 is 0 Å². The summed E-state index contributed by atoms with van der Waals surface area (Å²) in [6, 6.07) is 9.62. The Bertz CT molecular complexity index is 333. The second-order valence-corrected chi connectivity index (χ2v) is 4.57. The summed E-state index contributed by atoms with van der Waals surface area (Å²) in [5, 5.41) is 11.8. The SMILES string of the molecule is CC(C)(CCO)NC(=O)Cc1ccccc1. The third kappa shape index (κ3) is 4.45. The zero-order valence-electron chi connectivity index (χ0n) is 9.86. The first kappa shape index (κ1) is 12.7. The molecule has 0 heterocycles. The van der Waals surface area contributed by atoms with Gasteiger partial charge in [0.1, 0.15) is 0 Å². The minimum Gasteiger partial charge on any atom is -0.396 e. The topological polar surface area (TPSA) is 49.3 Å². The Balaban J connectivity index is 2.48. The minimum absolute atomic E-state index is 0.00958. The number of aliphatic hydroxyl groups is 1. The molecule has 88 valence electrons. The van der Waals surface area contributed by atoms with Crippen LogP contribution in [0.15, 0.2) is 30.3 Å². The van der Waals surface area contributed by atoms with Crippen LogP contribution in [0.5, 0.6) is 0 Å². The van der Waals surface area contributed by atoms with E-state index in [4.69, 9.17) is 5.11 Å². The van der Waals surface area contributed by atoms with E-state index in [0.717, 1.165) is 5.56 Å². The summed E-state index contributed by atoms with van der Waals surface area (Å²) < 4.78 is 0. The van der Waals surface area contributed by atoms with E-state index in [1.54, 1.807) is 0 Å². The molecule has 0 bridgehead atoms. The molecule has 1 aromatic carbocycles. The van der Waals surface area contributed by atoms with Gasteiger partial charge in [-0.05, 0) is 25.8 Å². The van der Waals surface area contributed by atoms with Crippen molar-refractivity contribution in [2.75, 3.05) is 6.61 Å². The summed E-state index contributed by atoms with van der Waals surface area (Å²) >= 11 is 0. The van der Waals surface area contributed by atoms with Crippen molar-refractivity contribution < 1.29 is 9.90 Å². The molecule has 16 heavy (non-hydrogen) atoms. The van der Waals surface area contributed by atoms with Crippen LogP contribution in [0.3, 0.4) is 0 Å². The maximum absolute atomic E-state index is 11.7. The Morgan fingerprint density at radius 2 is 1.94 bits per heavy atom. The predicted octanol–water partition coefficient (Wildman–Crippen LogP) is 1.51. The molecule has 0 saturated heterocycles. The van der Waals surface area contributed by atoms with Crippen LogP contribution in [0.1, 0.15) is 25.8 Å². The van der Waals surface area contributed by atoms with Crippen LogP contribution in [0.4, 0.5) is 0 Å². The highest BCUT2D eigenvalue weighted by Crippen LogP contribution is 2.08. The van der Waals surface area contributed by atoms with Gasteiger partial charge in [-0.25, -0.2) is 0 Å². The van der Waals surface area contributed by atoms with E-state index in [9.17, 15) is 4.79 Å². The molecule has 2 N–H and O–H groups in total. The molecule has 3 nitrogen and oxygen atoms in total. The fourth-order valence-electron chi connectivity index (χ4n) is 1.54. The summed E-state index contributed by atoms with van der Waals surface area (Å²) in [6.07, 6.45) is 0.948. The zero-order valence-corrected chi connectivity index (χ0v) is 9.86. The Hall–Kier alpha value is -1.35. The number of amides is 1. The van der Waals surface area contributed by atoms with Gasteiger partial charge >= 0.3 is 0 Å². The smallest absolute Gasteiger partial charge is 0.224 e. The normalized spacial score (nSPS) is 11.2. The Labute approximate surface area is 96.5 Å². The number of benzene rings is 1. The van der Waals surface area contributed by atoms with Crippen LogP contribution in [0, 0.1) is 0 Å². The predicted molar refractivity (Wildman–Crippen MR) is 64.1 cm³/mol. The fraction of sp³-hybridized carbons (Fsp3) is 0.462. The van der Waals surface area contributed by atoms with Crippen molar-refractivity contribution in [3.63, 3.8) is 0 Å². The lowest BCUT2D eigenvalue weighted by Crippen LogP contribution is -2.44. The molecule has 0 radical (unpaired) electrons. The molecule has 1 rings (SSSR count). The quantitative estimate of drug-likeness (QED) is 0.791. The highest BCUT2D eigenvalue weighted by atomic mass is 16.3. The van der Waals surface area contributed by atoms with Crippen LogP contribution in [-0.4, -0.2) is 23.2 Å². The van der Waals surface area contributed by atoms with Crippen molar-refractivity contribution >= 4 is 5.91 Å². The minimum atomic E-state index is -0.347. The third-order valence-electron chi connectivity index (χ3n) is 2.42. The van der Waals surface area contributed by atoms with Crippen molar-refractivity contribution in [3.05, 3.63) is 35.9 Å². The van der Waals surface area contributed by atoms with Gasteiger partial charge in [0.05, 0.1) is 6.42 Å². The first-order valence-corrected chi connectivity index (χ1v) is 5.49. The van der Waals surface area contributed by atoms with E-state index >= 15 is 0 Å². The number of nitrogens with one attached hydrogen (secondary N) is 1. The van der Waals surface area contributed by atoms with E-state index in [2.05, 4.69) is 5.32 Å². The van der Waals surface area contributed by atoms with Gasteiger partial charge in [0.25, 0.3) is 0 Å². The maximum atomic E-state index is 11.7. The van der Waals surface area contributed by atoms with E-state index in [1.165, 1.54) is 0 Å². The number of rotatable bonds is 5. The standard InChI is InChI=1S/C13H19NO2/c1-13(2,8-9-15)14-12(16)10-11-6-4-3-5-7-11/h3-7,15H,8-10H2,1-2H3,(H,14,16). The average molecular weight is 221 g/mol. The van der Waals surface area contributed by atoms with Gasteiger partial charge in [0.15, 0.2) is 0 Å². The van der Waals surface area contributed by atoms with Crippen LogP contribution in [0.2, 0.25) is 0 Å². The largest absolute Gasteiger partial charge is 0.396 e. The third-order valence-corrected chi connectivity index (χ3v) is 2.42. The van der Waals surface area contributed by atoms with Gasteiger partial charge in [0, 0.05) is 12.1 Å². The molecular formula is C13H19NO2. The molecule has 1 aromatic rings. The highest BCUT2D eigenvalue weighted by molar-refractivity contribution is 5.79. The Kier molecular flexibility index (Phi) is 4.50. The molecule has 0 aliphatic rings. The van der Waals surface area contributed by atoms with Crippen molar-refractivity contribution in [1.29, 1.82) is 0 Å². The lowest BCUT2D eigenvalue weighted by molar-refractivity contribution is -0.122. The molecule has 0 aromatic heterocycles. The first-order valence-electron chi connectivity index (χ1n) is 5.49. The number of hydrogen-bond donors (Lipinski definition) is 2. The molecule has 0 unspecified atom stereocenters. The van der Waals surface area contributed by atoms with Crippen LogP contribution >= 0.6 is 0 Å². The molecule has 1 amide bonds. The van der Waals surface area contributed by atoms with Gasteiger partial charge in [-0.1, -0.05) is 30.3 Å². The first-order chi connectivity index (χ1) is 7.53. The second-order valence-electron chi connectivity index (χ2n) is 4.57. The van der Waals surface area contributed by atoms with E-state index in [1.807, 2.05) is 44.2 Å². The summed E-state index contributed by atoms with van der Waals surface area (Å²) in [5.74, 6) is -0.00958. The molecule has 0 fully saturated rings. The molecule has 0 atom stereocenters. The lowest BCUT2D eigenvalue weighted by Gasteiger charge is -2.25. The molecular weight excluding hydrogens is 202 g/mol. The molecule has 0 aliphatic heterocycles. The molecule has 0 aliphatic carbocycles. The summed E-state index contributed by atoms with van der Waals surface area (Å²) in [5.41, 5.74) is 0.653. The van der Waals surface area contributed by atoms with E-state index in [0.29, 0.717) is 12.8 Å². The van der Waals surface area contributed by atoms with Crippen LogP contribution in [-0.2, 0) is 11.2 Å². The number of hydrogen-bond acceptors (Lipinski definition) is 2. The van der Waals surface area contributed by atoms with Gasteiger partial charge < -0.3 is 10.4 Å². The van der Waals surface area contributed by atoms with Crippen molar-refractivity contribution in [2.24, 2.45) is 0 Å². The average Bonchev–Trinajstić information content (AvgIpc) is 2.17. The molecule has 0 spiro atoms. The van der Waals surface area contributed by atoms with E-state index in [-0.39, 0.29) is 18.1 Å². The Morgan fingerprint density at radius 1 is 1.31 bits per heavy atom. The van der Waals surface area contributed by atoms with Crippen LogP contribution in [0.25, 0.3) is 0 Å². The van der Waals surface area contributed by atoms with Crippen molar-refractivity contribution in [1.82, 2.24) is 5.32 Å². The number of carbonyl (C=O) groups excluding carboxylic acids is 1.